The number of rotatable bonds is 6. The average Bonchev–Trinajstić information content (AvgIpc) is 3.05. The number of halogens is 1. The monoisotopic (exact) mass is 355 g/mol. The first kappa shape index (κ1) is 17.0. The third kappa shape index (κ3) is 4.84. The lowest BCUT2D eigenvalue weighted by atomic mass is 10.1. The van der Waals surface area contributed by atoms with Crippen LogP contribution in [0.5, 0.6) is 5.75 Å². The molecule has 2 aromatic carbocycles. The van der Waals surface area contributed by atoms with Gasteiger partial charge in [0.2, 0.25) is 0 Å². The minimum Gasteiger partial charge on any atom is -0.489 e. The van der Waals surface area contributed by atoms with Crippen LogP contribution in [0.2, 0.25) is 5.02 Å². The number of ether oxygens (including phenoxy) is 1. The van der Waals surface area contributed by atoms with Crippen LogP contribution in [0.4, 0.5) is 0 Å². The summed E-state index contributed by atoms with van der Waals surface area (Å²) in [6, 6.07) is 14.6. The van der Waals surface area contributed by atoms with Crippen molar-refractivity contribution in [2.45, 2.75) is 13.2 Å². The molecule has 1 heterocycles. The Morgan fingerprint density at radius 1 is 1.12 bits per heavy atom. The van der Waals surface area contributed by atoms with E-state index in [2.05, 4.69) is 10.4 Å². The molecule has 0 aliphatic carbocycles. The Hall–Kier alpha value is -2.79. The first-order chi connectivity index (χ1) is 12.1. The van der Waals surface area contributed by atoms with Gasteiger partial charge in [-0.2, -0.15) is 5.10 Å². The number of nitrogens with zero attached hydrogens (tertiary/aromatic N) is 2. The molecule has 0 atom stereocenters. The molecule has 128 valence electrons. The summed E-state index contributed by atoms with van der Waals surface area (Å²) in [4.78, 5) is 12.2. The highest BCUT2D eigenvalue weighted by atomic mass is 35.5. The smallest absolute Gasteiger partial charge is 0.251 e. The van der Waals surface area contributed by atoms with Crippen molar-refractivity contribution >= 4 is 17.5 Å². The lowest BCUT2D eigenvalue weighted by Crippen LogP contribution is -2.22. The van der Waals surface area contributed by atoms with Gasteiger partial charge in [0.1, 0.15) is 12.4 Å². The van der Waals surface area contributed by atoms with Crippen molar-refractivity contribution in [3.8, 4) is 5.75 Å². The molecule has 0 radical (unpaired) electrons. The third-order valence-corrected chi connectivity index (χ3v) is 3.90. The third-order valence-electron chi connectivity index (χ3n) is 3.65. The van der Waals surface area contributed by atoms with Gasteiger partial charge in [0, 0.05) is 35.9 Å². The number of aryl methyl sites for hydroxylation is 1. The van der Waals surface area contributed by atoms with Gasteiger partial charge < -0.3 is 10.1 Å². The quantitative estimate of drug-likeness (QED) is 0.735. The fraction of sp³-hybridized carbons (Fsp3) is 0.158. The van der Waals surface area contributed by atoms with E-state index in [-0.39, 0.29) is 5.91 Å². The highest BCUT2D eigenvalue weighted by Gasteiger charge is 2.06. The lowest BCUT2D eigenvalue weighted by molar-refractivity contribution is 0.0951. The van der Waals surface area contributed by atoms with E-state index in [9.17, 15) is 4.79 Å². The molecule has 0 saturated heterocycles. The summed E-state index contributed by atoms with van der Waals surface area (Å²) >= 11 is 5.84. The molecule has 1 amide bonds. The highest BCUT2D eigenvalue weighted by molar-refractivity contribution is 6.30. The number of benzene rings is 2. The van der Waals surface area contributed by atoms with Gasteiger partial charge in [0.25, 0.3) is 5.91 Å². The molecule has 0 saturated carbocycles. The maximum atomic E-state index is 12.2. The summed E-state index contributed by atoms with van der Waals surface area (Å²) in [5.41, 5.74) is 2.56. The summed E-state index contributed by atoms with van der Waals surface area (Å²) in [7, 11) is 1.84. The summed E-state index contributed by atoms with van der Waals surface area (Å²) in [6.45, 7) is 0.882. The minimum atomic E-state index is -0.117. The topological polar surface area (TPSA) is 56.2 Å². The highest BCUT2D eigenvalue weighted by Crippen LogP contribution is 2.17. The lowest BCUT2D eigenvalue weighted by Gasteiger charge is -2.08. The zero-order valence-corrected chi connectivity index (χ0v) is 14.5. The van der Waals surface area contributed by atoms with Gasteiger partial charge in [0.05, 0.1) is 6.20 Å². The van der Waals surface area contributed by atoms with E-state index in [0.717, 1.165) is 16.9 Å². The number of carbonyl (C=O) groups excluding carboxylic acids is 1. The molecule has 0 unspecified atom stereocenters. The standard InChI is InChI=1S/C19H18ClN3O2/c1-23-12-15(11-22-23)10-21-19(24)16-4-2-14(3-5-16)13-25-18-8-6-17(20)7-9-18/h2-9,11-12H,10,13H2,1H3,(H,21,24). The molecule has 6 heteroatoms. The second-order valence-corrected chi connectivity index (χ2v) is 6.08. The van der Waals surface area contributed by atoms with Gasteiger partial charge >= 0.3 is 0 Å². The van der Waals surface area contributed by atoms with Gasteiger partial charge in [0.15, 0.2) is 0 Å². The summed E-state index contributed by atoms with van der Waals surface area (Å²) in [5, 5.41) is 7.62. The van der Waals surface area contributed by atoms with Crippen molar-refractivity contribution in [2.75, 3.05) is 0 Å². The van der Waals surface area contributed by atoms with Crippen molar-refractivity contribution in [1.29, 1.82) is 0 Å². The molecule has 0 bridgehead atoms. The van der Waals surface area contributed by atoms with Crippen molar-refractivity contribution in [3.63, 3.8) is 0 Å². The van der Waals surface area contributed by atoms with Crippen molar-refractivity contribution in [2.24, 2.45) is 7.05 Å². The van der Waals surface area contributed by atoms with Crippen molar-refractivity contribution in [3.05, 3.63) is 82.6 Å². The van der Waals surface area contributed by atoms with Gasteiger partial charge in [-0.25, -0.2) is 0 Å². The van der Waals surface area contributed by atoms with Gasteiger partial charge in [-0.1, -0.05) is 23.7 Å². The second-order valence-electron chi connectivity index (χ2n) is 5.64. The maximum absolute atomic E-state index is 12.2. The van der Waals surface area contributed by atoms with E-state index in [1.165, 1.54) is 0 Å². The van der Waals surface area contributed by atoms with Crippen LogP contribution in [-0.2, 0) is 20.2 Å². The number of amides is 1. The molecule has 1 N–H and O–H groups in total. The van der Waals surface area contributed by atoms with Crippen LogP contribution in [0.15, 0.2) is 60.9 Å². The van der Waals surface area contributed by atoms with Crippen molar-refractivity contribution in [1.82, 2.24) is 15.1 Å². The van der Waals surface area contributed by atoms with Crippen LogP contribution in [-0.4, -0.2) is 15.7 Å². The van der Waals surface area contributed by atoms with E-state index in [1.54, 1.807) is 35.1 Å². The number of hydrogen-bond acceptors (Lipinski definition) is 3. The number of hydrogen-bond donors (Lipinski definition) is 1. The number of nitrogens with one attached hydrogen (secondary N) is 1. The fourth-order valence-electron chi connectivity index (χ4n) is 2.30. The Morgan fingerprint density at radius 3 is 2.48 bits per heavy atom. The minimum absolute atomic E-state index is 0.117. The average molecular weight is 356 g/mol. The summed E-state index contributed by atoms with van der Waals surface area (Å²) < 4.78 is 7.39. The van der Waals surface area contributed by atoms with E-state index >= 15 is 0 Å². The SMILES string of the molecule is Cn1cc(CNC(=O)c2ccc(COc3ccc(Cl)cc3)cc2)cn1. The summed E-state index contributed by atoms with van der Waals surface area (Å²) in [5.74, 6) is 0.636. The molecule has 3 rings (SSSR count). The van der Waals surface area contributed by atoms with E-state index in [4.69, 9.17) is 16.3 Å². The summed E-state index contributed by atoms with van der Waals surface area (Å²) in [6.07, 6.45) is 3.61. The van der Waals surface area contributed by atoms with Gasteiger partial charge in [-0.15, -0.1) is 0 Å². The van der Waals surface area contributed by atoms with Gasteiger partial charge in [-0.3, -0.25) is 9.48 Å². The Kier molecular flexibility index (Phi) is 5.36. The second kappa shape index (κ2) is 7.85. The first-order valence-electron chi connectivity index (χ1n) is 7.83. The fourth-order valence-corrected chi connectivity index (χ4v) is 2.42. The van der Waals surface area contributed by atoms with E-state index < -0.39 is 0 Å². The molecule has 5 nitrogen and oxygen atoms in total. The van der Waals surface area contributed by atoms with Gasteiger partial charge in [-0.05, 0) is 42.0 Å². The van der Waals surface area contributed by atoms with Crippen LogP contribution in [0, 0.1) is 0 Å². The zero-order valence-electron chi connectivity index (χ0n) is 13.8. The molecule has 25 heavy (non-hydrogen) atoms. The Morgan fingerprint density at radius 2 is 1.84 bits per heavy atom. The normalized spacial score (nSPS) is 10.5. The molecular weight excluding hydrogens is 338 g/mol. The molecule has 0 aliphatic heterocycles. The molecule has 0 fully saturated rings. The Bertz CT molecular complexity index is 842. The van der Waals surface area contributed by atoms with E-state index in [1.807, 2.05) is 37.5 Å². The van der Waals surface area contributed by atoms with Crippen LogP contribution in [0.25, 0.3) is 0 Å². The Balaban J connectivity index is 1.52. The largest absolute Gasteiger partial charge is 0.489 e. The van der Waals surface area contributed by atoms with E-state index in [0.29, 0.717) is 23.7 Å². The predicted molar refractivity (Wildman–Crippen MR) is 96.6 cm³/mol. The molecule has 1 aromatic heterocycles. The maximum Gasteiger partial charge on any atom is 0.251 e. The molecule has 0 aliphatic rings. The Labute approximate surface area is 151 Å². The molecule has 0 spiro atoms. The number of aromatic nitrogens is 2. The van der Waals surface area contributed by atoms with Crippen LogP contribution >= 0.6 is 11.6 Å². The zero-order chi connectivity index (χ0) is 17.6. The van der Waals surface area contributed by atoms with Crippen LogP contribution in [0.3, 0.4) is 0 Å². The first-order valence-corrected chi connectivity index (χ1v) is 8.21. The van der Waals surface area contributed by atoms with Crippen LogP contribution in [0.1, 0.15) is 21.5 Å². The number of carbonyl (C=O) groups is 1. The van der Waals surface area contributed by atoms with Crippen LogP contribution < -0.4 is 10.1 Å². The molecule has 3 aromatic rings. The predicted octanol–water partition coefficient (Wildman–Crippen LogP) is 3.58. The van der Waals surface area contributed by atoms with Crippen molar-refractivity contribution < 1.29 is 9.53 Å². The molecular formula is C19H18ClN3O2.